The number of halogens is 2. The molecule has 0 amide bonds. The molecule has 2 atom stereocenters. The second-order valence-electron chi connectivity index (χ2n) is 3.37. The quantitative estimate of drug-likeness (QED) is 0.752. The van der Waals surface area contributed by atoms with Crippen LogP contribution in [0.15, 0.2) is 10.7 Å². The number of aromatic nitrogens is 2. The number of nitrogens with zero attached hydrogens (tertiary/aromatic N) is 2. The summed E-state index contributed by atoms with van der Waals surface area (Å²) >= 11 is 5.70. The summed E-state index contributed by atoms with van der Waals surface area (Å²) in [6.07, 6.45) is 3.24. The van der Waals surface area contributed by atoms with E-state index >= 15 is 0 Å². The molecule has 2 nitrogen and oxygen atoms in total. The smallest absolute Gasteiger partial charge is 0.137 e. The number of hydrogen-bond acceptors (Lipinski definition) is 1. The van der Waals surface area contributed by atoms with Gasteiger partial charge in [-0.1, -0.05) is 20.3 Å². The minimum atomic E-state index is 0.477. The standard InChI is InChI=1S/C9H14BrIN2/c1-4-6(2)7(3)13-5-8(10)9(11)12-13/h5-7H,4H2,1-3H3. The van der Waals surface area contributed by atoms with Gasteiger partial charge in [-0.2, -0.15) is 5.10 Å². The fourth-order valence-corrected chi connectivity index (χ4v) is 1.84. The summed E-state index contributed by atoms with van der Waals surface area (Å²) in [5, 5.41) is 4.44. The van der Waals surface area contributed by atoms with Gasteiger partial charge in [0.05, 0.1) is 10.5 Å². The van der Waals surface area contributed by atoms with Crippen LogP contribution in [0.5, 0.6) is 0 Å². The van der Waals surface area contributed by atoms with E-state index in [-0.39, 0.29) is 0 Å². The Balaban J connectivity index is 2.82. The van der Waals surface area contributed by atoms with E-state index in [4.69, 9.17) is 0 Å². The van der Waals surface area contributed by atoms with Gasteiger partial charge in [-0.05, 0) is 51.4 Å². The highest BCUT2D eigenvalue weighted by molar-refractivity contribution is 14.1. The molecule has 2 unspecified atom stereocenters. The fraction of sp³-hybridized carbons (Fsp3) is 0.667. The van der Waals surface area contributed by atoms with Crippen LogP contribution in [0.2, 0.25) is 0 Å². The van der Waals surface area contributed by atoms with Gasteiger partial charge in [0, 0.05) is 6.20 Å². The Labute approximate surface area is 101 Å². The third-order valence-electron chi connectivity index (χ3n) is 2.53. The van der Waals surface area contributed by atoms with Gasteiger partial charge in [0.2, 0.25) is 0 Å². The zero-order chi connectivity index (χ0) is 10.0. The van der Waals surface area contributed by atoms with Crippen molar-refractivity contribution in [3.8, 4) is 0 Å². The van der Waals surface area contributed by atoms with Gasteiger partial charge in [-0.15, -0.1) is 0 Å². The molecule has 0 saturated carbocycles. The molecular weight excluding hydrogens is 343 g/mol. The van der Waals surface area contributed by atoms with E-state index in [9.17, 15) is 0 Å². The van der Waals surface area contributed by atoms with Gasteiger partial charge >= 0.3 is 0 Å². The second kappa shape index (κ2) is 4.77. The van der Waals surface area contributed by atoms with Crippen LogP contribution in [-0.2, 0) is 0 Å². The molecule has 4 heteroatoms. The summed E-state index contributed by atoms with van der Waals surface area (Å²) in [6, 6.07) is 0.477. The second-order valence-corrected chi connectivity index (χ2v) is 5.25. The van der Waals surface area contributed by atoms with Crippen LogP contribution in [0.4, 0.5) is 0 Å². The van der Waals surface area contributed by atoms with Crippen molar-refractivity contribution < 1.29 is 0 Å². The average molecular weight is 357 g/mol. The summed E-state index contributed by atoms with van der Waals surface area (Å²) < 4.78 is 4.16. The molecule has 0 radical (unpaired) electrons. The average Bonchev–Trinajstić information content (AvgIpc) is 2.44. The maximum atomic E-state index is 4.44. The molecule has 0 aliphatic rings. The summed E-state index contributed by atoms with van der Waals surface area (Å²) in [4.78, 5) is 0. The lowest BCUT2D eigenvalue weighted by atomic mass is 10.0. The third-order valence-corrected chi connectivity index (χ3v) is 4.65. The summed E-state index contributed by atoms with van der Waals surface area (Å²) in [7, 11) is 0. The Morgan fingerprint density at radius 1 is 1.62 bits per heavy atom. The maximum Gasteiger partial charge on any atom is 0.137 e. The lowest BCUT2D eigenvalue weighted by Crippen LogP contribution is -2.13. The van der Waals surface area contributed by atoms with E-state index in [0.29, 0.717) is 12.0 Å². The van der Waals surface area contributed by atoms with E-state index in [0.717, 1.165) is 8.17 Å². The van der Waals surface area contributed by atoms with Crippen molar-refractivity contribution in [2.45, 2.75) is 33.2 Å². The predicted octanol–water partition coefficient (Wildman–Crippen LogP) is 3.86. The molecule has 0 saturated heterocycles. The molecule has 0 fully saturated rings. The summed E-state index contributed by atoms with van der Waals surface area (Å²) in [5.74, 6) is 0.669. The van der Waals surface area contributed by atoms with Crippen LogP contribution in [0, 0.1) is 9.62 Å². The van der Waals surface area contributed by atoms with E-state index in [1.54, 1.807) is 0 Å². The molecule has 0 aromatic carbocycles. The largest absolute Gasteiger partial charge is 0.267 e. The molecule has 0 spiro atoms. The van der Waals surface area contributed by atoms with Gasteiger partial charge in [0.1, 0.15) is 3.70 Å². The van der Waals surface area contributed by atoms with Gasteiger partial charge in [0.25, 0.3) is 0 Å². The molecule has 74 valence electrons. The van der Waals surface area contributed by atoms with Crippen molar-refractivity contribution in [2.24, 2.45) is 5.92 Å². The van der Waals surface area contributed by atoms with Crippen molar-refractivity contribution in [1.82, 2.24) is 9.78 Å². The monoisotopic (exact) mass is 356 g/mol. The number of rotatable bonds is 3. The minimum Gasteiger partial charge on any atom is -0.267 e. The Bertz CT molecular complexity index is 266. The fourth-order valence-electron chi connectivity index (χ4n) is 1.16. The van der Waals surface area contributed by atoms with Gasteiger partial charge in [-0.3, -0.25) is 4.68 Å². The van der Waals surface area contributed by atoms with Crippen LogP contribution in [-0.4, -0.2) is 9.78 Å². The van der Waals surface area contributed by atoms with Gasteiger partial charge < -0.3 is 0 Å². The summed E-state index contributed by atoms with van der Waals surface area (Å²) in [5.41, 5.74) is 0. The molecule has 1 heterocycles. The molecule has 0 aliphatic heterocycles. The Hall–Kier alpha value is 0.420. The first-order chi connectivity index (χ1) is 6.06. The molecule has 1 aromatic heterocycles. The Kier molecular flexibility index (Phi) is 4.22. The van der Waals surface area contributed by atoms with E-state index in [2.05, 4.69) is 70.6 Å². The van der Waals surface area contributed by atoms with Crippen LogP contribution in [0.1, 0.15) is 33.2 Å². The van der Waals surface area contributed by atoms with Crippen molar-refractivity contribution >= 4 is 38.5 Å². The van der Waals surface area contributed by atoms with Crippen LogP contribution < -0.4 is 0 Å². The summed E-state index contributed by atoms with van der Waals surface area (Å²) in [6.45, 7) is 6.68. The minimum absolute atomic E-state index is 0.477. The van der Waals surface area contributed by atoms with Crippen molar-refractivity contribution in [1.29, 1.82) is 0 Å². The van der Waals surface area contributed by atoms with E-state index in [1.165, 1.54) is 6.42 Å². The topological polar surface area (TPSA) is 17.8 Å². The lowest BCUT2D eigenvalue weighted by Gasteiger charge is -2.18. The van der Waals surface area contributed by atoms with Crippen molar-refractivity contribution in [3.63, 3.8) is 0 Å². The van der Waals surface area contributed by atoms with Crippen LogP contribution in [0.3, 0.4) is 0 Å². The van der Waals surface area contributed by atoms with E-state index in [1.807, 2.05) is 4.68 Å². The molecule has 0 aliphatic carbocycles. The Morgan fingerprint density at radius 2 is 2.23 bits per heavy atom. The molecule has 13 heavy (non-hydrogen) atoms. The molecule has 0 N–H and O–H groups in total. The zero-order valence-corrected chi connectivity index (χ0v) is 11.8. The highest BCUT2D eigenvalue weighted by Crippen LogP contribution is 2.24. The highest BCUT2D eigenvalue weighted by Gasteiger charge is 2.14. The van der Waals surface area contributed by atoms with Crippen LogP contribution >= 0.6 is 38.5 Å². The Morgan fingerprint density at radius 3 is 2.62 bits per heavy atom. The predicted molar refractivity (Wildman–Crippen MR) is 66.8 cm³/mol. The lowest BCUT2D eigenvalue weighted by molar-refractivity contribution is 0.342. The number of hydrogen-bond donors (Lipinski definition) is 0. The molecular formula is C9H14BrIN2. The van der Waals surface area contributed by atoms with Crippen LogP contribution in [0.25, 0.3) is 0 Å². The third kappa shape index (κ3) is 2.68. The zero-order valence-electron chi connectivity index (χ0n) is 8.09. The van der Waals surface area contributed by atoms with Gasteiger partial charge in [-0.25, -0.2) is 0 Å². The SMILES string of the molecule is CCC(C)C(C)n1cc(Br)c(I)n1. The first-order valence-electron chi connectivity index (χ1n) is 4.46. The maximum absolute atomic E-state index is 4.44. The van der Waals surface area contributed by atoms with Gasteiger partial charge in [0.15, 0.2) is 0 Å². The molecule has 1 aromatic rings. The van der Waals surface area contributed by atoms with E-state index < -0.39 is 0 Å². The molecule has 1 rings (SSSR count). The van der Waals surface area contributed by atoms with Crippen molar-refractivity contribution in [3.05, 3.63) is 14.4 Å². The molecule has 0 bridgehead atoms. The normalized spacial score (nSPS) is 15.8. The van der Waals surface area contributed by atoms with Crippen molar-refractivity contribution in [2.75, 3.05) is 0 Å². The first kappa shape index (κ1) is 11.5. The first-order valence-corrected chi connectivity index (χ1v) is 6.33. The highest BCUT2D eigenvalue weighted by atomic mass is 127.